The van der Waals surface area contributed by atoms with Gasteiger partial charge in [0.15, 0.2) is 5.01 Å². The third-order valence-corrected chi connectivity index (χ3v) is 3.40. The predicted molar refractivity (Wildman–Crippen MR) is 82.7 cm³/mol. The van der Waals surface area contributed by atoms with Gasteiger partial charge >= 0.3 is 0 Å². The van der Waals surface area contributed by atoms with Crippen LogP contribution in [-0.2, 0) is 0 Å². The van der Waals surface area contributed by atoms with Gasteiger partial charge in [-0.3, -0.25) is 10.1 Å². The van der Waals surface area contributed by atoms with Gasteiger partial charge in [0.25, 0.3) is 5.91 Å². The fourth-order valence-electron chi connectivity index (χ4n) is 1.63. The number of rotatable bonds is 4. The van der Waals surface area contributed by atoms with E-state index in [0.717, 1.165) is 0 Å². The topological polar surface area (TPSA) is 78.7 Å². The number of aromatic nitrogens is 2. The molecule has 0 aliphatic carbocycles. The van der Waals surface area contributed by atoms with Crippen LogP contribution >= 0.6 is 11.3 Å². The number of nitrogens with one attached hydrogen (secondary N) is 1. The largest absolute Gasteiger partial charge is 0.296 e. The minimum Gasteiger partial charge on any atom is -0.296 e. The maximum atomic E-state index is 12.0. The second kappa shape index (κ2) is 6.77. The van der Waals surface area contributed by atoms with Crippen molar-refractivity contribution in [2.45, 2.75) is 13.8 Å². The predicted octanol–water partition coefficient (Wildman–Crippen LogP) is 3.35. The van der Waals surface area contributed by atoms with Crippen LogP contribution in [0.2, 0.25) is 0 Å². The van der Waals surface area contributed by atoms with Crippen molar-refractivity contribution in [1.29, 1.82) is 5.26 Å². The summed E-state index contributed by atoms with van der Waals surface area (Å²) in [5.41, 5.74) is 1.02. The van der Waals surface area contributed by atoms with Crippen LogP contribution in [0.5, 0.6) is 0 Å². The summed E-state index contributed by atoms with van der Waals surface area (Å²) in [7, 11) is 0. The minimum absolute atomic E-state index is 0.242. The first kappa shape index (κ1) is 14.9. The van der Waals surface area contributed by atoms with Gasteiger partial charge in [-0.15, -0.1) is 10.2 Å². The summed E-state index contributed by atoms with van der Waals surface area (Å²) in [6, 6.07) is 11.0. The molecule has 106 valence electrons. The molecule has 0 radical (unpaired) electrons. The second-order valence-electron chi connectivity index (χ2n) is 4.67. The van der Waals surface area contributed by atoms with Crippen LogP contribution in [0.3, 0.4) is 0 Å². The van der Waals surface area contributed by atoms with E-state index in [0.29, 0.717) is 21.3 Å². The van der Waals surface area contributed by atoms with E-state index in [2.05, 4.69) is 21.6 Å². The Labute approximate surface area is 127 Å². The average Bonchev–Trinajstić information content (AvgIpc) is 2.93. The third kappa shape index (κ3) is 3.97. The fraction of sp³-hybridized carbons (Fsp3) is 0.200. The van der Waals surface area contributed by atoms with Gasteiger partial charge in [0.1, 0.15) is 6.07 Å². The van der Waals surface area contributed by atoms with E-state index in [1.54, 1.807) is 24.3 Å². The van der Waals surface area contributed by atoms with Gasteiger partial charge in [0.2, 0.25) is 5.13 Å². The molecule has 0 bridgehead atoms. The summed E-state index contributed by atoms with van der Waals surface area (Å²) < 4.78 is 0. The average molecular weight is 298 g/mol. The first-order valence-corrected chi connectivity index (χ1v) is 7.24. The van der Waals surface area contributed by atoms with Gasteiger partial charge in [-0.1, -0.05) is 49.5 Å². The molecule has 21 heavy (non-hydrogen) atoms. The first-order valence-electron chi connectivity index (χ1n) is 6.42. The molecule has 1 aromatic carbocycles. The highest BCUT2D eigenvalue weighted by molar-refractivity contribution is 7.16. The number of benzene rings is 1. The van der Waals surface area contributed by atoms with Gasteiger partial charge < -0.3 is 0 Å². The molecule has 1 amide bonds. The molecule has 1 N–H and O–H groups in total. The number of carbonyl (C=O) groups excluding carboxylic acids is 1. The zero-order valence-electron chi connectivity index (χ0n) is 11.7. The molecule has 0 fully saturated rings. The Morgan fingerprint density at radius 3 is 2.67 bits per heavy atom. The summed E-state index contributed by atoms with van der Waals surface area (Å²) in [6.07, 6.45) is 1.82. The van der Waals surface area contributed by atoms with Gasteiger partial charge in [-0.2, -0.15) is 5.26 Å². The van der Waals surface area contributed by atoms with E-state index in [9.17, 15) is 4.79 Å². The van der Waals surface area contributed by atoms with Crippen LogP contribution in [0.4, 0.5) is 5.13 Å². The standard InChI is InChI=1S/C15H14N4OS/c1-10(2)8-12(9-16)14-18-19-15(21-14)17-13(20)11-6-4-3-5-7-11/h3-8,10H,1-2H3,(H,17,19,20). The second-order valence-corrected chi connectivity index (χ2v) is 5.65. The summed E-state index contributed by atoms with van der Waals surface area (Å²) in [5, 5.41) is 20.6. The molecule has 1 aromatic heterocycles. The molecule has 2 rings (SSSR count). The van der Waals surface area contributed by atoms with Crippen molar-refractivity contribution in [3.63, 3.8) is 0 Å². The van der Waals surface area contributed by atoms with Crippen LogP contribution in [0.15, 0.2) is 36.4 Å². The molecule has 0 aliphatic heterocycles. The van der Waals surface area contributed by atoms with E-state index in [1.807, 2.05) is 26.0 Å². The van der Waals surface area contributed by atoms with Crippen molar-refractivity contribution >= 4 is 27.9 Å². The highest BCUT2D eigenvalue weighted by Crippen LogP contribution is 2.23. The molecular weight excluding hydrogens is 284 g/mol. The van der Waals surface area contributed by atoms with Crippen molar-refractivity contribution in [2.75, 3.05) is 5.32 Å². The molecule has 0 saturated carbocycles. The zero-order valence-corrected chi connectivity index (χ0v) is 12.5. The van der Waals surface area contributed by atoms with E-state index in [1.165, 1.54) is 11.3 Å². The third-order valence-electron chi connectivity index (χ3n) is 2.53. The maximum Gasteiger partial charge on any atom is 0.257 e. The Hall–Kier alpha value is -2.52. The lowest BCUT2D eigenvalue weighted by Crippen LogP contribution is -2.11. The molecule has 6 heteroatoms. The van der Waals surface area contributed by atoms with Crippen LogP contribution < -0.4 is 5.32 Å². The normalized spacial score (nSPS) is 11.2. The number of hydrogen-bond acceptors (Lipinski definition) is 5. The van der Waals surface area contributed by atoms with E-state index < -0.39 is 0 Å². The summed E-state index contributed by atoms with van der Waals surface area (Å²) >= 11 is 1.19. The summed E-state index contributed by atoms with van der Waals surface area (Å²) in [4.78, 5) is 12.0. The molecule has 0 spiro atoms. The van der Waals surface area contributed by atoms with Crippen molar-refractivity contribution in [2.24, 2.45) is 5.92 Å². The Morgan fingerprint density at radius 2 is 2.05 bits per heavy atom. The minimum atomic E-state index is -0.246. The van der Waals surface area contributed by atoms with Gasteiger partial charge in [-0.25, -0.2) is 0 Å². The Balaban J connectivity index is 2.14. The lowest BCUT2D eigenvalue weighted by atomic mass is 10.1. The smallest absolute Gasteiger partial charge is 0.257 e. The summed E-state index contributed by atoms with van der Waals surface area (Å²) in [5.74, 6) is -0.00411. The van der Waals surface area contributed by atoms with Gasteiger partial charge in [-0.05, 0) is 18.1 Å². The van der Waals surface area contributed by atoms with Crippen LogP contribution in [-0.4, -0.2) is 16.1 Å². The fourth-order valence-corrected chi connectivity index (χ4v) is 2.34. The number of hydrogen-bond donors (Lipinski definition) is 1. The van der Waals surface area contributed by atoms with Crippen molar-refractivity contribution in [1.82, 2.24) is 10.2 Å². The number of anilines is 1. The van der Waals surface area contributed by atoms with E-state index in [-0.39, 0.29) is 11.8 Å². The molecule has 0 unspecified atom stereocenters. The zero-order chi connectivity index (χ0) is 15.2. The maximum absolute atomic E-state index is 12.0. The van der Waals surface area contributed by atoms with Crippen molar-refractivity contribution in [3.8, 4) is 6.07 Å². The van der Waals surface area contributed by atoms with Crippen molar-refractivity contribution < 1.29 is 4.79 Å². The Bertz CT molecular complexity index is 698. The highest BCUT2D eigenvalue weighted by Gasteiger charge is 2.12. The molecule has 5 nitrogen and oxygen atoms in total. The molecule has 0 saturated heterocycles. The number of amides is 1. The lowest BCUT2D eigenvalue weighted by molar-refractivity contribution is 0.102. The van der Waals surface area contributed by atoms with E-state index in [4.69, 9.17) is 5.26 Å². The summed E-state index contributed by atoms with van der Waals surface area (Å²) in [6.45, 7) is 3.97. The Kier molecular flexibility index (Phi) is 4.80. The number of carbonyl (C=O) groups is 1. The van der Waals surface area contributed by atoms with Crippen LogP contribution in [0.25, 0.3) is 5.57 Å². The van der Waals surface area contributed by atoms with Gasteiger partial charge in [0.05, 0.1) is 5.57 Å². The quantitative estimate of drug-likeness (QED) is 0.878. The highest BCUT2D eigenvalue weighted by atomic mass is 32.1. The monoisotopic (exact) mass is 298 g/mol. The van der Waals surface area contributed by atoms with Crippen molar-refractivity contribution in [3.05, 3.63) is 47.0 Å². The molecule has 0 atom stereocenters. The SMILES string of the molecule is CC(C)C=C(C#N)c1nnc(NC(=O)c2ccccc2)s1. The number of nitriles is 1. The lowest BCUT2D eigenvalue weighted by Gasteiger charge is -1.99. The molecule has 2 aromatic rings. The molecule has 0 aliphatic rings. The number of allylic oxidation sites excluding steroid dienone is 2. The van der Waals surface area contributed by atoms with Gasteiger partial charge in [0, 0.05) is 5.56 Å². The number of nitrogens with zero attached hydrogens (tertiary/aromatic N) is 3. The first-order chi connectivity index (χ1) is 10.1. The molecular formula is C15H14N4OS. The van der Waals surface area contributed by atoms with E-state index >= 15 is 0 Å². The molecule has 1 heterocycles. The Morgan fingerprint density at radius 1 is 1.33 bits per heavy atom. The van der Waals surface area contributed by atoms with Crippen LogP contribution in [0.1, 0.15) is 29.2 Å². The van der Waals surface area contributed by atoms with Crippen LogP contribution in [0, 0.1) is 17.2 Å².